The van der Waals surface area contributed by atoms with Crippen molar-refractivity contribution in [2.24, 2.45) is 5.92 Å². The SMILES string of the molecule is CNCC(C)C(=O)NCCN1CCCC1.Cl.Cl. The number of nitrogens with one attached hydrogen (secondary N) is 2. The molecule has 0 saturated carbocycles. The standard InChI is InChI=1S/C11H23N3O.2ClH/c1-10(9-12-2)11(15)13-5-8-14-6-3-4-7-14;;/h10,12H,3-9H2,1-2H3,(H,13,15);2*1H. The number of nitrogens with zero attached hydrogens (tertiary/aromatic N) is 1. The molecule has 1 heterocycles. The van der Waals surface area contributed by atoms with Crippen molar-refractivity contribution >= 4 is 30.7 Å². The first kappa shape index (κ1) is 19.3. The average molecular weight is 286 g/mol. The van der Waals surface area contributed by atoms with Crippen LogP contribution in [-0.2, 0) is 4.79 Å². The van der Waals surface area contributed by atoms with Gasteiger partial charge >= 0.3 is 0 Å². The summed E-state index contributed by atoms with van der Waals surface area (Å²) in [6.07, 6.45) is 2.62. The fourth-order valence-electron chi connectivity index (χ4n) is 1.92. The third-order valence-electron chi connectivity index (χ3n) is 2.88. The maximum atomic E-state index is 11.5. The Morgan fingerprint density at radius 2 is 1.88 bits per heavy atom. The average Bonchev–Trinajstić information content (AvgIpc) is 2.71. The van der Waals surface area contributed by atoms with Crippen molar-refractivity contribution in [2.45, 2.75) is 19.8 Å². The number of likely N-dealkylation sites (tertiary alicyclic amines) is 1. The van der Waals surface area contributed by atoms with Crippen molar-refractivity contribution in [3.05, 3.63) is 0 Å². The van der Waals surface area contributed by atoms with Gasteiger partial charge in [-0.15, -0.1) is 24.8 Å². The minimum Gasteiger partial charge on any atom is -0.355 e. The number of hydrogen-bond acceptors (Lipinski definition) is 3. The van der Waals surface area contributed by atoms with Crippen molar-refractivity contribution in [3.63, 3.8) is 0 Å². The molecule has 1 atom stereocenters. The van der Waals surface area contributed by atoms with E-state index < -0.39 is 0 Å². The Morgan fingerprint density at radius 3 is 2.41 bits per heavy atom. The molecule has 1 aliphatic rings. The highest BCUT2D eigenvalue weighted by molar-refractivity contribution is 5.85. The summed E-state index contributed by atoms with van der Waals surface area (Å²) >= 11 is 0. The lowest BCUT2D eigenvalue weighted by Gasteiger charge is -2.16. The Labute approximate surface area is 117 Å². The van der Waals surface area contributed by atoms with Crippen LogP contribution in [0, 0.1) is 5.92 Å². The van der Waals surface area contributed by atoms with Crippen molar-refractivity contribution in [2.75, 3.05) is 39.8 Å². The first-order valence-electron chi connectivity index (χ1n) is 5.88. The van der Waals surface area contributed by atoms with E-state index in [0.29, 0.717) is 0 Å². The Hall–Kier alpha value is -0.0300. The van der Waals surface area contributed by atoms with Crippen LogP contribution in [0.2, 0.25) is 0 Å². The van der Waals surface area contributed by atoms with Crippen molar-refractivity contribution in [1.82, 2.24) is 15.5 Å². The van der Waals surface area contributed by atoms with Crippen LogP contribution in [0.15, 0.2) is 0 Å². The zero-order chi connectivity index (χ0) is 11.1. The number of carbonyl (C=O) groups excluding carboxylic acids is 1. The van der Waals surface area contributed by atoms with Crippen LogP contribution in [-0.4, -0.2) is 50.6 Å². The fraction of sp³-hybridized carbons (Fsp3) is 0.909. The molecule has 1 rings (SSSR count). The molecule has 6 heteroatoms. The zero-order valence-electron chi connectivity index (χ0n) is 10.7. The van der Waals surface area contributed by atoms with Crippen molar-refractivity contribution in [3.8, 4) is 0 Å². The van der Waals surface area contributed by atoms with Crippen LogP contribution in [0.1, 0.15) is 19.8 Å². The predicted molar refractivity (Wildman–Crippen MR) is 76.3 cm³/mol. The Bertz CT molecular complexity index is 199. The normalized spacial score (nSPS) is 16.8. The summed E-state index contributed by atoms with van der Waals surface area (Å²) in [6.45, 7) is 6.87. The van der Waals surface area contributed by atoms with Gasteiger partial charge in [0.1, 0.15) is 0 Å². The number of carbonyl (C=O) groups is 1. The van der Waals surface area contributed by atoms with Crippen LogP contribution in [0.3, 0.4) is 0 Å². The third kappa shape index (κ3) is 7.82. The van der Waals surface area contributed by atoms with Gasteiger partial charge in [-0.25, -0.2) is 0 Å². The molecular weight excluding hydrogens is 261 g/mol. The van der Waals surface area contributed by atoms with Gasteiger partial charge in [-0.3, -0.25) is 4.79 Å². The molecule has 0 aromatic carbocycles. The van der Waals surface area contributed by atoms with Gasteiger partial charge in [0.15, 0.2) is 0 Å². The van der Waals surface area contributed by atoms with Crippen molar-refractivity contribution in [1.29, 1.82) is 0 Å². The summed E-state index contributed by atoms with van der Waals surface area (Å²) in [5.41, 5.74) is 0. The Balaban J connectivity index is 0. The monoisotopic (exact) mass is 285 g/mol. The molecule has 0 aromatic heterocycles. The molecule has 1 aliphatic heterocycles. The highest BCUT2D eigenvalue weighted by atomic mass is 35.5. The molecule has 4 nitrogen and oxygen atoms in total. The summed E-state index contributed by atoms with van der Waals surface area (Å²) < 4.78 is 0. The molecule has 1 fully saturated rings. The zero-order valence-corrected chi connectivity index (χ0v) is 12.3. The molecule has 0 aromatic rings. The van der Waals surface area contributed by atoms with Crippen LogP contribution in [0.4, 0.5) is 0 Å². The third-order valence-corrected chi connectivity index (χ3v) is 2.88. The van der Waals surface area contributed by atoms with Gasteiger partial charge in [-0.1, -0.05) is 6.92 Å². The van der Waals surface area contributed by atoms with Crippen LogP contribution in [0.25, 0.3) is 0 Å². The van der Waals surface area contributed by atoms with Gasteiger partial charge in [0.2, 0.25) is 5.91 Å². The van der Waals surface area contributed by atoms with E-state index in [1.807, 2.05) is 14.0 Å². The van der Waals surface area contributed by atoms with Crippen LogP contribution >= 0.6 is 24.8 Å². The van der Waals surface area contributed by atoms with E-state index in [-0.39, 0.29) is 36.6 Å². The number of hydrogen-bond donors (Lipinski definition) is 2. The van der Waals surface area contributed by atoms with E-state index in [2.05, 4.69) is 15.5 Å². The molecule has 1 saturated heterocycles. The van der Waals surface area contributed by atoms with Crippen LogP contribution in [0.5, 0.6) is 0 Å². The van der Waals surface area contributed by atoms with E-state index in [0.717, 1.165) is 19.6 Å². The van der Waals surface area contributed by atoms with E-state index in [9.17, 15) is 4.79 Å². The maximum Gasteiger partial charge on any atom is 0.224 e. The van der Waals surface area contributed by atoms with E-state index >= 15 is 0 Å². The van der Waals surface area contributed by atoms with Gasteiger partial charge in [0.25, 0.3) is 0 Å². The fourth-order valence-corrected chi connectivity index (χ4v) is 1.92. The maximum absolute atomic E-state index is 11.5. The van der Waals surface area contributed by atoms with Crippen molar-refractivity contribution < 1.29 is 4.79 Å². The highest BCUT2D eigenvalue weighted by Gasteiger charge is 2.13. The molecule has 0 spiro atoms. The predicted octanol–water partition coefficient (Wildman–Crippen LogP) is 0.897. The molecule has 17 heavy (non-hydrogen) atoms. The lowest BCUT2D eigenvalue weighted by Crippen LogP contribution is -2.38. The van der Waals surface area contributed by atoms with Gasteiger partial charge in [-0.05, 0) is 33.0 Å². The molecule has 1 unspecified atom stereocenters. The number of halogens is 2. The quantitative estimate of drug-likeness (QED) is 0.762. The molecule has 104 valence electrons. The summed E-state index contributed by atoms with van der Waals surface area (Å²) in [5.74, 6) is 0.220. The first-order valence-corrected chi connectivity index (χ1v) is 5.88. The van der Waals surface area contributed by atoms with E-state index in [4.69, 9.17) is 0 Å². The lowest BCUT2D eigenvalue weighted by molar-refractivity contribution is -0.124. The second-order valence-electron chi connectivity index (χ2n) is 4.30. The summed E-state index contributed by atoms with van der Waals surface area (Å²) in [6, 6.07) is 0. The minimum atomic E-state index is 0. The molecule has 1 amide bonds. The molecule has 0 aliphatic carbocycles. The minimum absolute atomic E-state index is 0. The summed E-state index contributed by atoms with van der Waals surface area (Å²) in [7, 11) is 1.87. The van der Waals surface area contributed by atoms with Gasteiger partial charge in [-0.2, -0.15) is 0 Å². The molecular formula is C11H25Cl2N3O. The second kappa shape index (κ2) is 11.1. The summed E-state index contributed by atoms with van der Waals surface area (Å²) in [5, 5.41) is 5.98. The lowest BCUT2D eigenvalue weighted by atomic mass is 10.1. The van der Waals surface area contributed by atoms with E-state index in [1.165, 1.54) is 25.9 Å². The Kier molecular flexibility index (Phi) is 12.6. The number of rotatable bonds is 6. The Morgan fingerprint density at radius 1 is 1.29 bits per heavy atom. The highest BCUT2D eigenvalue weighted by Crippen LogP contribution is 2.05. The number of amides is 1. The van der Waals surface area contributed by atoms with Gasteiger partial charge < -0.3 is 15.5 Å². The van der Waals surface area contributed by atoms with Gasteiger partial charge in [0.05, 0.1) is 0 Å². The summed E-state index contributed by atoms with van der Waals surface area (Å²) in [4.78, 5) is 13.9. The second-order valence-corrected chi connectivity index (χ2v) is 4.30. The topological polar surface area (TPSA) is 44.4 Å². The molecule has 0 radical (unpaired) electrons. The largest absolute Gasteiger partial charge is 0.355 e. The first-order chi connectivity index (χ1) is 7.24. The smallest absolute Gasteiger partial charge is 0.224 e. The molecule has 0 bridgehead atoms. The van der Waals surface area contributed by atoms with Crippen LogP contribution < -0.4 is 10.6 Å². The van der Waals surface area contributed by atoms with Gasteiger partial charge in [0, 0.05) is 25.6 Å². The molecule has 2 N–H and O–H groups in total. The van der Waals surface area contributed by atoms with E-state index in [1.54, 1.807) is 0 Å².